The Morgan fingerprint density at radius 2 is 2.22 bits per heavy atom. The second kappa shape index (κ2) is 1.92. The first-order chi connectivity index (χ1) is 4.11. The van der Waals surface area contributed by atoms with Gasteiger partial charge in [0, 0.05) is 0 Å². The van der Waals surface area contributed by atoms with Crippen LogP contribution in [0.4, 0.5) is 0 Å². The summed E-state index contributed by atoms with van der Waals surface area (Å²) in [5.41, 5.74) is 0. The zero-order valence-corrected chi connectivity index (χ0v) is 6.14. The molecule has 52 valence electrons. The molecule has 0 spiro atoms. The minimum absolute atomic E-state index is 0.616. The maximum absolute atomic E-state index is 4.99. The Hall–Kier alpha value is -0.700. The van der Waals surface area contributed by atoms with E-state index >= 15 is 0 Å². The molecule has 0 bridgehead atoms. The Labute approximate surface area is 55.5 Å². The first kappa shape index (κ1) is 6.42. The topological polar surface area (TPSA) is 21.3 Å². The lowest BCUT2D eigenvalue weighted by atomic mass is 10.6. The maximum atomic E-state index is 4.99. The Balaban J connectivity index is 2.61. The van der Waals surface area contributed by atoms with Gasteiger partial charge in [-0.3, -0.25) is 4.48 Å². The highest BCUT2D eigenvalue weighted by Crippen LogP contribution is 2.07. The number of nitrogens with zero attached hydrogens (tertiary/aromatic N) is 1. The first-order valence-corrected chi connectivity index (χ1v) is 2.98. The molecule has 1 heterocycles. The van der Waals surface area contributed by atoms with Crippen molar-refractivity contribution in [3.8, 4) is 0 Å². The second-order valence-corrected chi connectivity index (χ2v) is 3.00. The second-order valence-electron chi connectivity index (χ2n) is 3.00. The van der Waals surface area contributed by atoms with Crippen LogP contribution < -0.4 is 5.32 Å². The number of quaternary nitrogens is 1. The minimum Gasteiger partial charge on any atom is -0.473 e. The normalized spacial score (nSPS) is 18.3. The van der Waals surface area contributed by atoms with Crippen LogP contribution in [0.1, 0.15) is 0 Å². The number of nitrogens with one attached hydrogen (secondary N) is 1. The maximum Gasteiger partial charge on any atom is 0.238 e. The van der Waals surface area contributed by atoms with Crippen molar-refractivity contribution < 1.29 is 9.22 Å². The molecule has 0 aliphatic carbocycles. The van der Waals surface area contributed by atoms with Crippen LogP contribution in [0, 0.1) is 0 Å². The largest absolute Gasteiger partial charge is 0.473 e. The monoisotopic (exact) mass is 129 g/mol. The van der Waals surface area contributed by atoms with E-state index in [0.717, 1.165) is 10.3 Å². The number of hydrogen-bond donors (Lipinski definition) is 1. The highest BCUT2D eigenvalue weighted by Gasteiger charge is 2.19. The molecule has 0 amide bonds. The van der Waals surface area contributed by atoms with Gasteiger partial charge in [-0.25, -0.2) is 0 Å². The third kappa shape index (κ3) is 1.36. The van der Waals surface area contributed by atoms with E-state index in [4.69, 9.17) is 4.74 Å². The van der Waals surface area contributed by atoms with Gasteiger partial charge in [0.15, 0.2) is 13.0 Å². The fraction of sp³-hybridized carbons (Fsp3) is 0.667. The summed E-state index contributed by atoms with van der Waals surface area (Å²) < 4.78 is 5.79. The van der Waals surface area contributed by atoms with E-state index in [9.17, 15) is 0 Å². The summed E-state index contributed by atoms with van der Waals surface area (Å²) in [7, 11) is 6.27. The van der Waals surface area contributed by atoms with E-state index in [1.54, 1.807) is 6.26 Å². The van der Waals surface area contributed by atoms with E-state index < -0.39 is 0 Å². The molecule has 1 aliphatic rings. The van der Waals surface area contributed by atoms with Crippen molar-refractivity contribution in [2.24, 2.45) is 0 Å². The number of hydrogen-bond acceptors (Lipinski definition) is 2. The summed E-state index contributed by atoms with van der Waals surface area (Å²) in [6.45, 7) is 0.616. The molecule has 1 aliphatic heterocycles. The lowest BCUT2D eigenvalue weighted by Gasteiger charge is -2.22. The molecule has 0 fully saturated rings. The molecular weight excluding hydrogens is 116 g/mol. The predicted octanol–water partition coefficient (Wildman–Crippen LogP) is 0.0688. The summed E-state index contributed by atoms with van der Waals surface area (Å²) in [4.78, 5) is 0. The van der Waals surface area contributed by atoms with Gasteiger partial charge in [0.25, 0.3) is 0 Å². The molecule has 0 saturated heterocycles. The van der Waals surface area contributed by atoms with Gasteiger partial charge in [0.05, 0.1) is 21.1 Å². The smallest absolute Gasteiger partial charge is 0.238 e. The van der Waals surface area contributed by atoms with E-state index in [2.05, 4.69) is 26.5 Å². The Bertz CT molecular complexity index is 134. The van der Waals surface area contributed by atoms with E-state index in [1.165, 1.54) is 0 Å². The van der Waals surface area contributed by atoms with Gasteiger partial charge >= 0.3 is 0 Å². The Kier molecular flexibility index (Phi) is 1.37. The van der Waals surface area contributed by atoms with Gasteiger partial charge in [0.1, 0.15) is 0 Å². The van der Waals surface area contributed by atoms with Gasteiger partial charge < -0.3 is 10.1 Å². The Morgan fingerprint density at radius 1 is 1.56 bits per heavy atom. The van der Waals surface area contributed by atoms with Crippen LogP contribution in [0.5, 0.6) is 0 Å². The molecule has 1 N–H and O–H groups in total. The van der Waals surface area contributed by atoms with Gasteiger partial charge in [0.2, 0.25) is 5.82 Å². The lowest BCUT2D eigenvalue weighted by molar-refractivity contribution is -0.834. The highest BCUT2D eigenvalue weighted by atomic mass is 16.5. The summed E-state index contributed by atoms with van der Waals surface area (Å²) >= 11 is 0. The first-order valence-electron chi connectivity index (χ1n) is 2.98. The van der Waals surface area contributed by atoms with Crippen molar-refractivity contribution >= 4 is 0 Å². The van der Waals surface area contributed by atoms with Crippen molar-refractivity contribution in [2.75, 3.05) is 27.9 Å². The van der Waals surface area contributed by atoms with Crippen molar-refractivity contribution in [2.45, 2.75) is 0 Å². The van der Waals surface area contributed by atoms with Crippen LogP contribution >= 0.6 is 0 Å². The molecule has 0 unspecified atom stereocenters. The van der Waals surface area contributed by atoms with Crippen molar-refractivity contribution in [1.29, 1.82) is 0 Å². The molecule has 3 nitrogen and oxygen atoms in total. The molecule has 0 radical (unpaired) electrons. The zero-order valence-electron chi connectivity index (χ0n) is 6.14. The SMILES string of the molecule is C[N+](C)(C)C1=COCN1. The standard InChI is InChI=1S/C6H13N2O/c1-8(2,3)6-4-9-5-7-6/h4,7H,5H2,1-3H3/q+1. The third-order valence-electron chi connectivity index (χ3n) is 1.25. The lowest BCUT2D eigenvalue weighted by Crippen LogP contribution is -2.38. The van der Waals surface area contributed by atoms with Crippen LogP contribution in [0.3, 0.4) is 0 Å². The molecule has 1 rings (SSSR count). The highest BCUT2D eigenvalue weighted by molar-refractivity contribution is 4.87. The van der Waals surface area contributed by atoms with E-state index in [1.807, 2.05) is 0 Å². The summed E-state index contributed by atoms with van der Waals surface area (Å²) in [5.74, 6) is 1.12. The molecule has 0 aromatic rings. The van der Waals surface area contributed by atoms with Gasteiger partial charge in [-0.15, -0.1) is 0 Å². The van der Waals surface area contributed by atoms with E-state index in [0.29, 0.717) is 6.73 Å². The fourth-order valence-electron chi connectivity index (χ4n) is 0.673. The van der Waals surface area contributed by atoms with E-state index in [-0.39, 0.29) is 0 Å². The van der Waals surface area contributed by atoms with Crippen LogP contribution in [0.2, 0.25) is 0 Å². The average molecular weight is 129 g/mol. The van der Waals surface area contributed by atoms with Crippen LogP contribution in [-0.2, 0) is 4.74 Å². The number of rotatable bonds is 1. The van der Waals surface area contributed by atoms with Gasteiger partial charge in [-0.1, -0.05) is 0 Å². The summed E-state index contributed by atoms with van der Waals surface area (Å²) in [6.07, 6.45) is 1.76. The summed E-state index contributed by atoms with van der Waals surface area (Å²) in [6, 6.07) is 0. The molecule has 9 heavy (non-hydrogen) atoms. The number of ether oxygens (including phenoxy) is 1. The van der Waals surface area contributed by atoms with Crippen molar-refractivity contribution in [3.05, 3.63) is 12.1 Å². The van der Waals surface area contributed by atoms with Crippen LogP contribution in [-0.4, -0.2) is 32.4 Å². The molecular formula is C6H13N2O+. The predicted molar refractivity (Wildman–Crippen MR) is 35.2 cm³/mol. The van der Waals surface area contributed by atoms with Gasteiger partial charge in [-0.2, -0.15) is 0 Å². The molecule has 0 atom stereocenters. The molecule has 3 heteroatoms. The Morgan fingerprint density at radius 3 is 2.44 bits per heavy atom. The zero-order chi connectivity index (χ0) is 6.91. The third-order valence-corrected chi connectivity index (χ3v) is 1.25. The van der Waals surface area contributed by atoms with Crippen molar-refractivity contribution in [1.82, 2.24) is 5.32 Å². The minimum atomic E-state index is 0.616. The average Bonchev–Trinajstić information content (AvgIpc) is 2.08. The van der Waals surface area contributed by atoms with Gasteiger partial charge in [-0.05, 0) is 0 Å². The van der Waals surface area contributed by atoms with Crippen LogP contribution in [0.15, 0.2) is 12.1 Å². The quantitative estimate of drug-likeness (QED) is 0.506. The van der Waals surface area contributed by atoms with Crippen LogP contribution in [0.25, 0.3) is 0 Å². The fourth-order valence-corrected chi connectivity index (χ4v) is 0.673. The summed E-state index contributed by atoms with van der Waals surface area (Å²) in [5, 5.41) is 3.11. The molecule has 0 saturated carbocycles. The van der Waals surface area contributed by atoms with Crippen molar-refractivity contribution in [3.63, 3.8) is 0 Å². The molecule has 0 aromatic carbocycles. The molecule has 0 aromatic heterocycles.